The van der Waals surface area contributed by atoms with Crippen molar-refractivity contribution in [1.82, 2.24) is 9.66 Å². The van der Waals surface area contributed by atoms with Gasteiger partial charge in [0.2, 0.25) is 4.80 Å². The van der Waals surface area contributed by atoms with Crippen molar-refractivity contribution in [2.24, 2.45) is 10.1 Å². The van der Waals surface area contributed by atoms with Gasteiger partial charge >= 0.3 is 0 Å². The molecule has 114 valence electrons. The first-order valence-electron chi connectivity index (χ1n) is 7.20. The second kappa shape index (κ2) is 7.47. The summed E-state index contributed by atoms with van der Waals surface area (Å²) >= 11 is 1.57. The van der Waals surface area contributed by atoms with E-state index in [4.69, 9.17) is 0 Å². The van der Waals surface area contributed by atoms with Gasteiger partial charge in [0.15, 0.2) is 0 Å². The third-order valence-corrected chi connectivity index (χ3v) is 3.97. The van der Waals surface area contributed by atoms with Crippen LogP contribution in [0, 0.1) is 0 Å². The zero-order chi connectivity index (χ0) is 15.9. The highest BCUT2D eigenvalue weighted by atomic mass is 32.1. The number of hydrogen-bond acceptors (Lipinski definition) is 4. The summed E-state index contributed by atoms with van der Waals surface area (Å²) in [5.74, 6) is 0. The minimum absolute atomic E-state index is 0.567. The lowest BCUT2D eigenvalue weighted by Gasteiger charge is -2.03. The molecular formula is C18H16N4S. The van der Waals surface area contributed by atoms with Crippen LogP contribution in [-0.2, 0) is 0 Å². The summed E-state index contributed by atoms with van der Waals surface area (Å²) in [4.78, 5) is 9.46. The number of hydrogen-bond donors (Lipinski definition) is 0. The Bertz CT molecular complexity index is 861. The van der Waals surface area contributed by atoms with E-state index in [1.807, 2.05) is 35.0 Å². The third kappa shape index (κ3) is 3.70. The lowest BCUT2D eigenvalue weighted by Crippen LogP contribution is -2.12. The molecule has 1 aromatic carbocycles. The van der Waals surface area contributed by atoms with Crippen LogP contribution in [0.1, 0.15) is 5.56 Å². The van der Waals surface area contributed by atoms with E-state index in [1.54, 1.807) is 36.0 Å². The number of benzene rings is 1. The molecule has 0 N–H and O–H groups in total. The van der Waals surface area contributed by atoms with Gasteiger partial charge in [0.1, 0.15) is 0 Å². The van der Waals surface area contributed by atoms with Crippen LogP contribution in [0.5, 0.6) is 0 Å². The van der Waals surface area contributed by atoms with E-state index < -0.39 is 0 Å². The van der Waals surface area contributed by atoms with Gasteiger partial charge < -0.3 is 0 Å². The molecule has 3 rings (SSSR count). The maximum atomic E-state index is 4.60. The van der Waals surface area contributed by atoms with Gasteiger partial charge in [-0.25, -0.2) is 4.68 Å². The van der Waals surface area contributed by atoms with E-state index in [2.05, 4.69) is 39.2 Å². The summed E-state index contributed by atoms with van der Waals surface area (Å²) in [6.07, 6.45) is 7.09. The second-order valence-electron chi connectivity index (χ2n) is 4.74. The molecule has 0 radical (unpaired) electrons. The molecule has 0 saturated heterocycles. The summed E-state index contributed by atoms with van der Waals surface area (Å²) in [5.41, 5.74) is 3.06. The van der Waals surface area contributed by atoms with Crippen LogP contribution < -0.4 is 4.80 Å². The normalized spacial score (nSPS) is 11.9. The van der Waals surface area contributed by atoms with E-state index in [9.17, 15) is 0 Å². The molecule has 0 fully saturated rings. The molecule has 5 heteroatoms. The number of nitrogens with zero attached hydrogens (tertiary/aromatic N) is 4. The Labute approximate surface area is 138 Å². The van der Waals surface area contributed by atoms with Gasteiger partial charge in [-0.2, -0.15) is 5.10 Å². The van der Waals surface area contributed by atoms with Crippen molar-refractivity contribution in [2.75, 3.05) is 6.54 Å². The average molecular weight is 320 g/mol. The maximum Gasteiger partial charge on any atom is 0.206 e. The van der Waals surface area contributed by atoms with E-state index in [1.165, 1.54) is 0 Å². The van der Waals surface area contributed by atoms with Crippen LogP contribution in [0.2, 0.25) is 0 Å². The Morgan fingerprint density at radius 1 is 1.17 bits per heavy atom. The van der Waals surface area contributed by atoms with Crippen LogP contribution in [-0.4, -0.2) is 22.4 Å². The maximum absolute atomic E-state index is 4.60. The monoisotopic (exact) mass is 320 g/mol. The topological polar surface area (TPSA) is 42.5 Å². The number of rotatable bonds is 5. The molecule has 4 nitrogen and oxygen atoms in total. The summed E-state index contributed by atoms with van der Waals surface area (Å²) in [6.45, 7) is 4.29. The van der Waals surface area contributed by atoms with Crippen molar-refractivity contribution in [3.8, 4) is 11.3 Å². The highest BCUT2D eigenvalue weighted by Gasteiger charge is 2.06. The molecular weight excluding hydrogens is 304 g/mol. The molecule has 23 heavy (non-hydrogen) atoms. The number of thiazole rings is 1. The average Bonchev–Trinajstić information content (AvgIpc) is 3.02. The van der Waals surface area contributed by atoms with Crippen LogP contribution in [0.15, 0.2) is 83.0 Å². The fourth-order valence-electron chi connectivity index (χ4n) is 2.05. The van der Waals surface area contributed by atoms with E-state index in [-0.39, 0.29) is 0 Å². The molecule has 0 bridgehead atoms. The van der Waals surface area contributed by atoms with E-state index in [0.29, 0.717) is 6.54 Å². The van der Waals surface area contributed by atoms with Crippen molar-refractivity contribution in [3.05, 3.63) is 83.3 Å². The van der Waals surface area contributed by atoms with E-state index in [0.717, 1.165) is 21.6 Å². The highest BCUT2D eigenvalue weighted by Crippen LogP contribution is 2.19. The van der Waals surface area contributed by atoms with Gasteiger partial charge in [-0.05, 0) is 6.07 Å². The summed E-state index contributed by atoms with van der Waals surface area (Å²) < 4.78 is 1.86. The Hall–Kier alpha value is -2.79. The van der Waals surface area contributed by atoms with Crippen LogP contribution >= 0.6 is 11.3 Å². The molecule has 0 aliphatic heterocycles. The van der Waals surface area contributed by atoms with Crippen molar-refractivity contribution >= 4 is 17.6 Å². The Morgan fingerprint density at radius 3 is 2.78 bits per heavy atom. The highest BCUT2D eigenvalue weighted by molar-refractivity contribution is 7.07. The zero-order valence-corrected chi connectivity index (χ0v) is 13.4. The van der Waals surface area contributed by atoms with Crippen molar-refractivity contribution in [2.45, 2.75) is 0 Å². The quantitative estimate of drug-likeness (QED) is 0.523. The Kier molecular flexibility index (Phi) is 4.91. The van der Waals surface area contributed by atoms with Gasteiger partial charge in [-0.1, -0.05) is 42.5 Å². The van der Waals surface area contributed by atoms with Crippen molar-refractivity contribution < 1.29 is 0 Å². The summed E-state index contributed by atoms with van der Waals surface area (Å²) in [6, 6.07) is 14.0. The lowest BCUT2D eigenvalue weighted by molar-refractivity contribution is 0.840. The largest absolute Gasteiger partial charge is 0.264 e. The molecule has 0 aliphatic carbocycles. The standard InChI is InChI=1S/C18H16N4S/c1-2-10-20-18-22(21-13-15-7-6-11-19-12-15)17(14-23-18)16-8-4-3-5-9-16/h2-9,11-14H,1,10H2. The minimum atomic E-state index is 0.567. The van der Waals surface area contributed by atoms with Crippen LogP contribution in [0.25, 0.3) is 11.3 Å². The number of aromatic nitrogens is 2. The lowest BCUT2D eigenvalue weighted by atomic mass is 10.2. The van der Waals surface area contributed by atoms with Crippen LogP contribution in [0.4, 0.5) is 0 Å². The minimum Gasteiger partial charge on any atom is -0.264 e. The van der Waals surface area contributed by atoms with Crippen molar-refractivity contribution in [3.63, 3.8) is 0 Å². The SMILES string of the molecule is C=CCN=c1scc(-c2ccccc2)n1N=Cc1cccnc1. The molecule has 0 unspecified atom stereocenters. The summed E-state index contributed by atoms with van der Waals surface area (Å²) in [5, 5.41) is 6.67. The van der Waals surface area contributed by atoms with Gasteiger partial charge in [0.25, 0.3) is 0 Å². The first-order valence-corrected chi connectivity index (χ1v) is 8.08. The summed E-state index contributed by atoms with van der Waals surface area (Å²) in [7, 11) is 0. The third-order valence-electron chi connectivity index (χ3n) is 3.12. The van der Waals surface area contributed by atoms with E-state index >= 15 is 0 Å². The Balaban J connectivity index is 2.06. The number of pyridine rings is 1. The first kappa shape index (κ1) is 15.1. The predicted octanol–water partition coefficient (Wildman–Crippen LogP) is 3.58. The molecule has 0 amide bonds. The molecule has 0 spiro atoms. The first-order chi connectivity index (χ1) is 11.4. The van der Waals surface area contributed by atoms with Gasteiger partial charge in [0.05, 0.1) is 18.5 Å². The molecule has 2 heterocycles. The Morgan fingerprint density at radius 2 is 2.04 bits per heavy atom. The van der Waals surface area contributed by atoms with Gasteiger partial charge in [0, 0.05) is 28.9 Å². The zero-order valence-electron chi connectivity index (χ0n) is 12.5. The fourth-order valence-corrected chi connectivity index (χ4v) is 2.89. The fraction of sp³-hybridized carbons (Fsp3) is 0.0556. The smallest absolute Gasteiger partial charge is 0.206 e. The molecule has 0 saturated carbocycles. The molecule has 0 atom stereocenters. The second-order valence-corrected chi connectivity index (χ2v) is 5.58. The molecule has 3 aromatic rings. The predicted molar refractivity (Wildman–Crippen MR) is 95.6 cm³/mol. The van der Waals surface area contributed by atoms with Gasteiger partial charge in [-0.3, -0.25) is 9.98 Å². The molecule has 2 aromatic heterocycles. The van der Waals surface area contributed by atoms with Crippen molar-refractivity contribution in [1.29, 1.82) is 0 Å². The van der Waals surface area contributed by atoms with Crippen LogP contribution in [0.3, 0.4) is 0 Å². The molecule has 0 aliphatic rings. The van der Waals surface area contributed by atoms with Gasteiger partial charge in [-0.15, -0.1) is 17.9 Å².